The summed E-state index contributed by atoms with van der Waals surface area (Å²) in [6, 6.07) is 10.4. The standard InChI is InChI=1S/C15H15ClN2O3/c1-18(20-2)15(19)12-3-5-13(6-4-12)21-10-11-7-8-17-14(16)9-11/h3-9H,10H2,1-2H3. The van der Waals surface area contributed by atoms with Crippen LogP contribution < -0.4 is 4.74 Å². The summed E-state index contributed by atoms with van der Waals surface area (Å²) in [4.78, 5) is 20.6. The van der Waals surface area contributed by atoms with Crippen molar-refractivity contribution in [1.29, 1.82) is 0 Å². The molecule has 0 aliphatic carbocycles. The molecule has 0 atom stereocenters. The summed E-state index contributed by atoms with van der Waals surface area (Å²) in [5, 5.41) is 1.59. The molecule has 0 aliphatic heterocycles. The molecule has 2 aromatic rings. The van der Waals surface area contributed by atoms with Gasteiger partial charge in [-0.05, 0) is 42.0 Å². The van der Waals surface area contributed by atoms with Crippen molar-refractivity contribution in [3.63, 3.8) is 0 Å². The van der Waals surface area contributed by atoms with E-state index in [0.29, 0.717) is 23.1 Å². The van der Waals surface area contributed by atoms with E-state index in [1.165, 1.54) is 7.11 Å². The van der Waals surface area contributed by atoms with Gasteiger partial charge in [0.25, 0.3) is 5.91 Å². The van der Waals surface area contributed by atoms with Crippen molar-refractivity contribution < 1.29 is 14.4 Å². The number of hydrogen-bond acceptors (Lipinski definition) is 4. The Labute approximate surface area is 128 Å². The minimum Gasteiger partial charge on any atom is -0.489 e. The lowest BCUT2D eigenvalue weighted by molar-refractivity contribution is -0.0757. The summed E-state index contributed by atoms with van der Waals surface area (Å²) >= 11 is 5.80. The average molecular weight is 307 g/mol. The van der Waals surface area contributed by atoms with E-state index < -0.39 is 0 Å². The Morgan fingerprint density at radius 1 is 1.29 bits per heavy atom. The highest BCUT2D eigenvalue weighted by atomic mass is 35.5. The SMILES string of the molecule is CON(C)C(=O)c1ccc(OCc2ccnc(Cl)c2)cc1. The van der Waals surface area contributed by atoms with Gasteiger partial charge in [-0.15, -0.1) is 0 Å². The average Bonchev–Trinajstić information content (AvgIpc) is 2.52. The highest BCUT2D eigenvalue weighted by Crippen LogP contribution is 2.16. The van der Waals surface area contributed by atoms with Crippen molar-refractivity contribution >= 4 is 17.5 Å². The predicted octanol–water partition coefficient (Wildman–Crippen LogP) is 2.95. The molecule has 5 nitrogen and oxygen atoms in total. The lowest BCUT2D eigenvalue weighted by atomic mass is 10.2. The van der Waals surface area contributed by atoms with E-state index in [4.69, 9.17) is 21.2 Å². The molecule has 0 aliphatic rings. The van der Waals surface area contributed by atoms with Gasteiger partial charge < -0.3 is 4.74 Å². The van der Waals surface area contributed by atoms with Crippen LogP contribution in [0.1, 0.15) is 15.9 Å². The van der Waals surface area contributed by atoms with Gasteiger partial charge in [-0.1, -0.05) is 11.6 Å². The molecule has 0 fully saturated rings. The zero-order chi connectivity index (χ0) is 15.2. The van der Waals surface area contributed by atoms with Crippen LogP contribution in [0.3, 0.4) is 0 Å². The highest BCUT2D eigenvalue weighted by molar-refractivity contribution is 6.29. The largest absolute Gasteiger partial charge is 0.489 e. The number of benzene rings is 1. The van der Waals surface area contributed by atoms with Crippen LogP contribution in [0.25, 0.3) is 0 Å². The van der Waals surface area contributed by atoms with Crippen LogP contribution in [0.15, 0.2) is 42.6 Å². The number of halogens is 1. The number of pyridine rings is 1. The van der Waals surface area contributed by atoms with E-state index >= 15 is 0 Å². The molecular weight excluding hydrogens is 292 g/mol. The van der Waals surface area contributed by atoms with Crippen LogP contribution in [0.4, 0.5) is 0 Å². The Balaban J connectivity index is 1.98. The number of hydrogen-bond donors (Lipinski definition) is 0. The van der Waals surface area contributed by atoms with Crippen molar-refractivity contribution in [1.82, 2.24) is 10.0 Å². The lowest BCUT2D eigenvalue weighted by Gasteiger charge is -2.13. The third-order valence-electron chi connectivity index (χ3n) is 2.86. The van der Waals surface area contributed by atoms with Crippen LogP contribution in [0, 0.1) is 0 Å². The minimum atomic E-state index is -0.218. The molecule has 0 radical (unpaired) electrons. The van der Waals surface area contributed by atoms with Gasteiger partial charge in [-0.3, -0.25) is 9.63 Å². The Hall–Kier alpha value is -2.11. The smallest absolute Gasteiger partial charge is 0.277 e. The number of hydroxylamine groups is 2. The monoisotopic (exact) mass is 306 g/mol. The van der Waals surface area contributed by atoms with E-state index in [1.807, 2.05) is 6.07 Å². The van der Waals surface area contributed by atoms with Gasteiger partial charge >= 0.3 is 0 Å². The van der Waals surface area contributed by atoms with Crippen LogP contribution in [0.5, 0.6) is 5.75 Å². The third kappa shape index (κ3) is 4.18. The molecule has 0 saturated carbocycles. The van der Waals surface area contributed by atoms with Crippen molar-refractivity contribution in [3.8, 4) is 5.75 Å². The fraction of sp³-hybridized carbons (Fsp3) is 0.200. The molecule has 0 unspecified atom stereocenters. The maximum absolute atomic E-state index is 11.8. The van der Waals surface area contributed by atoms with Crippen LogP contribution in [0.2, 0.25) is 5.15 Å². The van der Waals surface area contributed by atoms with Gasteiger partial charge in [0.15, 0.2) is 0 Å². The maximum Gasteiger partial charge on any atom is 0.277 e. The highest BCUT2D eigenvalue weighted by Gasteiger charge is 2.10. The molecule has 1 aromatic carbocycles. The number of nitrogens with zero attached hydrogens (tertiary/aromatic N) is 2. The second-order valence-electron chi connectivity index (χ2n) is 4.29. The van der Waals surface area contributed by atoms with Crippen LogP contribution in [-0.2, 0) is 11.4 Å². The number of carbonyl (C=O) groups is 1. The Morgan fingerprint density at radius 2 is 2.00 bits per heavy atom. The number of ether oxygens (including phenoxy) is 1. The maximum atomic E-state index is 11.8. The first kappa shape index (κ1) is 15.3. The second kappa shape index (κ2) is 7.06. The summed E-state index contributed by atoms with van der Waals surface area (Å²) in [6.45, 7) is 0.382. The Morgan fingerprint density at radius 3 is 2.62 bits per heavy atom. The van der Waals surface area contributed by atoms with Crippen molar-refractivity contribution in [3.05, 3.63) is 58.9 Å². The minimum absolute atomic E-state index is 0.218. The molecule has 6 heteroatoms. The molecule has 0 bridgehead atoms. The zero-order valence-electron chi connectivity index (χ0n) is 11.7. The zero-order valence-corrected chi connectivity index (χ0v) is 12.5. The molecular formula is C15H15ClN2O3. The number of carbonyl (C=O) groups excluding carboxylic acids is 1. The number of rotatable bonds is 5. The van der Waals surface area contributed by atoms with Crippen LogP contribution in [-0.4, -0.2) is 30.1 Å². The second-order valence-corrected chi connectivity index (χ2v) is 4.67. The van der Waals surface area contributed by atoms with Gasteiger partial charge in [-0.25, -0.2) is 10.0 Å². The number of aromatic nitrogens is 1. The van der Waals surface area contributed by atoms with Crippen molar-refractivity contribution in [2.24, 2.45) is 0 Å². The summed E-state index contributed by atoms with van der Waals surface area (Å²) in [7, 11) is 3.00. The molecule has 1 heterocycles. The van der Waals surface area contributed by atoms with Gasteiger partial charge in [0.2, 0.25) is 0 Å². The fourth-order valence-corrected chi connectivity index (χ4v) is 1.85. The van der Waals surface area contributed by atoms with E-state index in [2.05, 4.69) is 4.98 Å². The van der Waals surface area contributed by atoms with E-state index in [0.717, 1.165) is 10.6 Å². The van der Waals surface area contributed by atoms with Crippen molar-refractivity contribution in [2.45, 2.75) is 6.61 Å². The molecule has 2 rings (SSSR count). The molecule has 110 valence electrons. The molecule has 0 saturated heterocycles. The quantitative estimate of drug-likeness (QED) is 0.629. The summed E-state index contributed by atoms with van der Waals surface area (Å²) in [5.74, 6) is 0.449. The predicted molar refractivity (Wildman–Crippen MR) is 79.1 cm³/mol. The molecule has 1 amide bonds. The van der Waals surface area contributed by atoms with Crippen LogP contribution >= 0.6 is 11.6 Å². The Kier molecular flexibility index (Phi) is 5.14. The van der Waals surface area contributed by atoms with Gasteiger partial charge in [0.1, 0.15) is 17.5 Å². The Bertz CT molecular complexity index is 617. The molecule has 0 N–H and O–H groups in total. The van der Waals surface area contributed by atoms with E-state index in [1.54, 1.807) is 43.6 Å². The summed E-state index contributed by atoms with van der Waals surface area (Å²) in [6.07, 6.45) is 1.63. The fourth-order valence-electron chi connectivity index (χ4n) is 1.66. The first-order valence-electron chi connectivity index (χ1n) is 6.25. The third-order valence-corrected chi connectivity index (χ3v) is 3.06. The van der Waals surface area contributed by atoms with Gasteiger partial charge in [0.05, 0.1) is 7.11 Å². The van der Waals surface area contributed by atoms with E-state index in [-0.39, 0.29) is 5.91 Å². The topological polar surface area (TPSA) is 51.7 Å². The summed E-state index contributed by atoms with van der Waals surface area (Å²) in [5.41, 5.74) is 1.45. The first-order chi connectivity index (χ1) is 10.1. The summed E-state index contributed by atoms with van der Waals surface area (Å²) < 4.78 is 5.63. The molecule has 21 heavy (non-hydrogen) atoms. The normalized spacial score (nSPS) is 10.2. The molecule has 1 aromatic heterocycles. The lowest BCUT2D eigenvalue weighted by Crippen LogP contribution is -2.25. The molecule has 0 spiro atoms. The van der Waals surface area contributed by atoms with E-state index in [9.17, 15) is 4.79 Å². The number of amides is 1. The van der Waals surface area contributed by atoms with Gasteiger partial charge in [-0.2, -0.15) is 0 Å². The van der Waals surface area contributed by atoms with Crippen molar-refractivity contribution in [2.75, 3.05) is 14.2 Å². The van der Waals surface area contributed by atoms with Gasteiger partial charge in [0, 0.05) is 18.8 Å². The first-order valence-corrected chi connectivity index (χ1v) is 6.63.